The molecule has 2 N–H and O–H groups in total. The molecule has 1 rings (SSSR count). The minimum Gasteiger partial charge on any atom is -0.385 e. The molecule has 106 valence electrons. The van der Waals surface area contributed by atoms with Crippen LogP contribution in [-0.4, -0.2) is 34.7 Å². The molecule has 1 amide bonds. The van der Waals surface area contributed by atoms with Gasteiger partial charge in [0.15, 0.2) is 0 Å². The van der Waals surface area contributed by atoms with Gasteiger partial charge in [0.1, 0.15) is 0 Å². The average molecular weight is 282 g/mol. The first-order valence-corrected chi connectivity index (χ1v) is 8.05. The van der Waals surface area contributed by atoms with E-state index in [0.717, 1.165) is 17.8 Å². The Hall–Kier alpha value is -1.36. The maximum Gasteiger partial charge on any atom is 0.251 e. The second kappa shape index (κ2) is 7.94. The summed E-state index contributed by atoms with van der Waals surface area (Å²) in [5, 5.41) is 6.03. The Labute approximate surface area is 117 Å². The third kappa shape index (κ3) is 5.03. The summed E-state index contributed by atoms with van der Waals surface area (Å²) in [6.45, 7) is 7.19. The zero-order chi connectivity index (χ0) is 14.3. The highest BCUT2D eigenvalue weighted by Crippen LogP contribution is 2.16. The summed E-state index contributed by atoms with van der Waals surface area (Å²) in [6, 6.07) is 5.58. The molecular weight excluding hydrogens is 260 g/mol. The third-order valence-corrected chi connectivity index (χ3v) is 4.10. The zero-order valence-corrected chi connectivity index (χ0v) is 12.6. The Kier molecular flexibility index (Phi) is 6.56. The van der Waals surface area contributed by atoms with Gasteiger partial charge >= 0.3 is 0 Å². The SMILES string of the molecule is CCNc1ccc(C(=O)NCCS(=O)CC)cc1C. The van der Waals surface area contributed by atoms with Crippen LogP contribution in [0.4, 0.5) is 5.69 Å². The summed E-state index contributed by atoms with van der Waals surface area (Å²) in [5.74, 6) is 1.03. The van der Waals surface area contributed by atoms with Gasteiger partial charge in [-0.2, -0.15) is 0 Å². The Morgan fingerprint density at radius 1 is 1.32 bits per heavy atom. The highest BCUT2D eigenvalue weighted by atomic mass is 32.2. The number of benzene rings is 1. The van der Waals surface area contributed by atoms with Gasteiger partial charge in [0.05, 0.1) is 0 Å². The average Bonchev–Trinajstić information content (AvgIpc) is 2.40. The van der Waals surface area contributed by atoms with Gasteiger partial charge in [0.2, 0.25) is 0 Å². The van der Waals surface area contributed by atoms with E-state index in [1.807, 2.05) is 32.9 Å². The Balaban J connectivity index is 2.57. The highest BCUT2D eigenvalue weighted by molar-refractivity contribution is 7.84. The summed E-state index contributed by atoms with van der Waals surface area (Å²) >= 11 is 0. The Morgan fingerprint density at radius 2 is 2.05 bits per heavy atom. The van der Waals surface area contributed by atoms with Crippen molar-refractivity contribution in [1.82, 2.24) is 5.32 Å². The summed E-state index contributed by atoms with van der Waals surface area (Å²) in [4.78, 5) is 11.9. The topological polar surface area (TPSA) is 58.2 Å². The summed E-state index contributed by atoms with van der Waals surface area (Å²) < 4.78 is 11.3. The van der Waals surface area contributed by atoms with Crippen molar-refractivity contribution in [2.75, 3.05) is 29.9 Å². The van der Waals surface area contributed by atoms with E-state index in [9.17, 15) is 9.00 Å². The molecule has 1 aromatic carbocycles. The predicted octanol–water partition coefficient (Wildman–Crippen LogP) is 1.93. The fourth-order valence-corrected chi connectivity index (χ4v) is 2.34. The normalized spacial score (nSPS) is 11.9. The van der Waals surface area contributed by atoms with Gasteiger partial charge in [-0.3, -0.25) is 9.00 Å². The molecule has 0 aromatic heterocycles. The van der Waals surface area contributed by atoms with Crippen molar-refractivity contribution in [3.63, 3.8) is 0 Å². The lowest BCUT2D eigenvalue weighted by molar-refractivity contribution is 0.0956. The maximum atomic E-state index is 11.9. The van der Waals surface area contributed by atoms with Gasteiger partial charge in [-0.25, -0.2) is 0 Å². The van der Waals surface area contributed by atoms with Crippen LogP contribution in [0.1, 0.15) is 29.8 Å². The molecule has 0 bridgehead atoms. The molecule has 1 atom stereocenters. The fraction of sp³-hybridized carbons (Fsp3) is 0.500. The van der Waals surface area contributed by atoms with Crippen molar-refractivity contribution in [2.45, 2.75) is 20.8 Å². The van der Waals surface area contributed by atoms with E-state index in [-0.39, 0.29) is 5.91 Å². The van der Waals surface area contributed by atoms with Crippen LogP contribution in [0.2, 0.25) is 0 Å². The van der Waals surface area contributed by atoms with Gasteiger partial charge in [-0.1, -0.05) is 6.92 Å². The molecule has 0 spiro atoms. The second-order valence-electron chi connectivity index (χ2n) is 4.25. The Bertz CT molecular complexity index is 461. The molecule has 4 nitrogen and oxygen atoms in total. The standard InChI is InChI=1S/C14H22N2O2S/c1-4-15-13-7-6-12(10-11(13)3)14(17)16-8-9-19(18)5-2/h6-7,10,15H,4-5,8-9H2,1-3H3,(H,16,17). The first kappa shape index (κ1) is 15.7. The van der Waals surface area contributed by atoms with E-state index in [1.165, 1.54) is 0 Å². The fourth-order valence-electron chi connectivity index (χ4n) is 1.72. The third-order valence-electron chi connectivity index (χ3n) is 2.79. The van der Waals surface area contributed by atoms with Crippen molar-refractivity contribution in [2.24, 2.45) is 0 Å². The molecule has 0 aliphatic carbocycles. The van der Waals surface area contributed by atoms with Crippen LogP contribution in [0.15, 0.2) is 18.2 Å². The molecule has 0 saturated carbocycles. The van der Waals surface area contributed by atoms with Gasteiger partial charge in [0.25, 0.3) is 5.91 Å². The van der Waals surface area contributed by atoms with Crippen molar-refractivity contribution >= 4 is 22.4 Å². The van der Waals surface area contributed by atoms with E-state index < -0.39 is 10.8 Å². The van der Waals surface area contributed by atoms with Crippen molar-refractivity contribution < 1.29 is 9.00 Å². The molecule has 5 heteroatoms. The van der Waals surface area contributed by atoms with Crippen LogP contribution in [0, 0.1) is 6.92 Å². The monoisotopic (exact) mass is 282 g/mol. The number of carbonyl (C=O) groups is 1. The number of carbonyl (C=O) groups excluding carboxylic acids is 1. The number of aryl methyl sites for hydroxylation is 1. The first-order chi connectivity index (χ1) is 9.08. The molecule has 0 fully saturated rings. The number of hydrogen-bond acceptors (Lipinski definition) is 3. The van der Waals surface area contributed by atoms with Gasteiger partial charge in [0, 0.05) is 46.6 Å². The van der Waals surface area contributed by atoms with Gasteiger partial charge < -0.3 is 10.6 Å². The molecule has 0 radical (unpaired) electrons. The van der Waals surface area contributed by atoms with Crippen LogP contribution < -0.4 is 10.6 Å². The molecule has 19 heavy (non-hydrogen) atoms. The first-order valence-electron chi connectivity index (χ1n) is 6.56. The van der Waals surface area contributed by atoms with Crippen LogP contribution in [0.25, 0.3) is 0 Å². The zero-order valence-electron chi connectivity index (χ0n) is 11.8. The second-order valence-corrected chi connectivity index (χ2v) is 6.11. The van der Waals surface area contributed by atoms with Crippen LogP contribution in [0.5, 0.6) is 0 Å². The number of anilines is 1. The van der Waals surface area contributed by atoms with E-state index in [0.29, 0.717) is 23.6 Å². The van der Waals surface area contributed by atoms with Crippen molar-refractivity contribution in [3.05, 3.63) is 29.3 Å². The molecular formula is C14H22N2O2S. The van der Waals surface area contributed by atoms with Crippen molar-refractivity contribution in [1.29, 1.82) is 0 Å². The van der Waals surface area contributed by atoms with Gasteiger partial charge in [-0.15, -0.1) is 0 Å². The van der Waals surface area contributed by atoms with E-state index in [1.54, 1.807) is 6.07 Å². The predicted molar refractivity (Wildman–Crippen MR) is 81.2 cm³/mol. The molecule has 1 unspecified atom stereocenters. The number of nitrogens with one attached hydrogen (secondary N) is 2. The minimum atomic E-state index is -0.835. The molecule has 0 aliphatic heterocycles. The molecule has 0 saturated heterocycles. The maximum absolute atomic E-state index is 11.9. The van der Waals surface area contributed by atoms with Gasteiger partial charge in [-0.05, 0) is 37.6 Å². The van der Waals surface area contributed by atoms with E-state index >= 15 is 0 Å². The van der Waals surface area contributed by atoms with Crippen molar-refractivity contribution in [3.8, 4) is 0 Å². The lowest BCUT2D eigenvalue weighted by atomic mass is 10.1. The summed E-state index contributed by atoms with van der Waals surface area (Å²) in [7, 11) is -0.835. The molecule has 1 aromatic rings. The smallest absolute Gasteiger partial charge is 0.251 e. The van der Waals surface area contributed by atoms with Crippen LogP contribution >= 0.6 is 0 Å². The minimum absolute atomic E-state index is 0.112. The van der Waals surface area contributed by atoms with E-state index in [2.05, 4.69) is 10.6 Å². The Morgan fingerprint density at radius 3 is 2.63 bits per heavy atom. The lowest BCUT2D eigenvalue weighted by Gasteiger charge is -2.10. The van der Waals surface area contributed by atoms with Crippen LogP contribution in [0.3, 0.4) is 0 Å². The van der Waals surface area contributed by atoms with E-state index in [4.69, 9.17) is 0 Å². The van der Waals surface area contributed by atoms with Crippen LogP contribution in [-0.2, 0) is 10.8 Å². The lowest BCUT2D eigenvalue weighted by Crippen LogP contribution is -2.28. The summed E-state index contributed by atoms with van der Waals surface area (Å²) in [6.07, 6.45) is 0. The summed E-state index contributed by atoms with van der Waals surface area (Å²) in [5.41, 5.74) is 2.74. The molecule has 0 aliphatic rings. The quantitative estimate of drug-likeness (QED) is 0.803. The largest absolute Gasteiger partial charge is 0.385 e. The number of rotatable bonds is 7. The highest BCUT2D eigenvalue weighted by Gasteiger charge is 2.07. The number of amides is 1. The molecule has 0 heterocycles. The number of hydrogen-bond donors (Lipinski definition) is 2.